The molecule has 0 aromatic carbocycles. The van der Waals surface area contributed by atoms with Crippen LogP contribution >= 0.6 is 0 Å². The van der Waals surface area contributed by atoms with Crippen molar-refractivity contribution in [3.63, 3.8) is 0 Å². The third-order valence-electron chi connectivity index (χ3n) is 1.84. The van der Waals surface area contributed by atoms with Crippen molar-refractivity contribution in [1.82, 2.24) is 4.98 Å². The molecule has 1 heterocycles. The van der Waals surface area contributed by atoms with Crippen LogP contribution in [0.25, 0.3) is 0 Å². The van der Waals surface area contributed by atoms with Crippen LogP contribution in [-0.2, 0) is 6.54 Å². The lowest BCUT2D eigenvalue weighted by atomic mass is 10.1. The molecule has 0 amide bonds. The number of aromatic nitrogens is 1. The summed E-state index contributed by atoms with van der Waals surface area (Å²) in [4.78, 5) is 3.09. The van der Waals surface area contributed by atoms with E-state index >= 15 is 0 Å². The average molecular weight is 267 g/mol. The first kappa shape index (κ1) is 14.1. The van der Waals surface area contributed by atoms with E-state index in [-0.39, 0.29) is 5.56 Å². The summed E-state index contributed by atoms with van der Waals surface area (Å²) in [5.74, 6) is -1.15. The number of halogens is 5. The van der Waals surface area contributed by atoms with Gasteiger partial charge < -0.3 is 10.5 Å². The summed E-state index contributed by atoms with van der Waals surface area (Å²) in [6.45, 7) is -0.498. The molecule has 1 rings (SSSR count). The van der Waals surface area contributed by atoms with E-state index in [4.69, 9.17) is 11.0 Å². The molecule has 0 saturated heterocycles. The molecule has 98 valence electrons. The molecule has 0 aliphatic heterocycles. The van der Waals surface area contributed by atoms with Gasteiger partial charge in [0, 0.05) is 12.1 Å². The standard InChI is InChI=1S/C9H6F5N3O/c10-8(11)6-7(18-9(12,13)14)4(2-15)1-5(3-16)17-6/h1,8H,2,15H2. The van der Waals surface area contributed by atoms with Crippen LogP contribution in [-0.4, -0.2) is 11.3 Å². The predicted molar refractivity (Wildman–Crippen MR) is 48.5 cm³/mol. The molecule has 0 bridgehead atoms. The Hall–Kier alpha value is -1.95. The van der Waals surface area contributed by atoms with Gasteiger partial charge in [0.05, 0.1) is 0 Å². The van der Waals surface area contributed by atoms with Crippen molar-refractivity contribution in [2.75, 3.05) is 0 Å². The number of nitriles is 1. The largest absolute Gasteiger partial charge is 0.573 e. The summed E-state index contributed by atoms with van der Waals surface area (Å²) in [6, 6.07) is 2.32. The van der Waals surface area contributed by atoms with Crippen LogP contribution in [0, 0.1) is 11.3 Å². The fraction of sp³-hybridized carbons (Fsp3) is 0.333. The highest BCUT2D eigenvalue weighted by molar-refractivity contribution is 5.42. The number of hydrogen-bond donors (Lipinski definition) is 1. The monoisotopic (exact) mass is 267 g/mol. The zero-order valence-corrected chi connectivity index (χ0v) is 8.63. The molecule has 18 heavy (non-hydrogen) atoms. The predicted octanol–water partition coefficient (Wildman–Crippen LogP) is 2.25. The number of nitrogens with zero attached hydrogens (tertiary/aromatic N) is 2. The first-order chi connectivity index (χ1) is 8.28. The fourth-order valence-corrected chi connectivity index (χ4v) is 1.20. The summed E-state index contributed by atoms with van der Waals surface area (Å²) < 4.78 is 64.9. The van der Waals surface area contributed by atoms with Gasteiger partial charge in [-0.05, 0) is 6.07 Å². The van der Waals surface area contributed by atoms with Gasteiger partial charge in [0.25, 0.3) is 6.43 Å². The maximum atomic E-state index is 12.6. The molecule has 0 aliphatic rings. The van der Waals surface area contributed by atoms with Gasteiger partial charge in [-0.15, -0.1) is 13.2 Å². The van der Waals surface area contributed by atoms with Gasteiger partial charge in [-0.3, -0.25) is 0 Å². The Bertz CT molecular complexity index is 480. The van der Waals surface area contributed by atoms with Gasteiger partial charge in [-0.25, -0.2) is 13.8 Å². The lowest BCUT2D eigenvalue weighted by molar-refractivity contribution is -0.275. The van der Waals surface area contributed by atoms with Crippen LogP contribution in [0.3, 0.4) is 0 Å². The maximum absolute atomic E-state index is 12.6. The number of ether oxygens (including phenoxy) is 1. The summed E-state index contributed by atoms with van der Waals surface area (Å²) in [5.41, 5.74) is 3.05. The van der Waals surface area contributed by atoms with E-state index in [0.717, 1.165) is 6.07 Å². The number of rotatable bonds is 3. The van der Waals surface area contributed by atoms with E-state index in [1.165, 1.54) is 6.07 Å². The van der Waals surface area contributed by atoms with Crippen LogP contribution in [0.2, 0.25) is 0 Å². The van der Waals surface area contributed by atoms with E-state index in [9.17, 15) is 22.0 Å². The molecule has 0 radical (unpaired) electrons. The van der Waals surface area contributed by atoms with E-state index in [1.807, 2.05) is 0 Å². The van der Waals surface area contributed by atoms with Gasteiger partial charge in [0.1, 0.15) is 11.8 Å². The van der Waals surface area contributed by atoms with Crippen molar-refractivity contribution in [2.45, 2.75) is 19.3 Å². The summed E-state index contributed by atoms with van der Waals surface area (Å²) >= 11 is 0. The molecule has 0 unspecified atom stereocenters. The third-order valence-corrected chi connectivity index (χ3v) is 1.84. The lowest BCUT2D eigenvalue weighted by Gasteiger charge is -2.15. The van der Waals surface area contributed by atoms with Crippen LogP contribution in [0.1, 0.15) is 23.4 Å². The summed E-state index contributed by atoms with van der Waals surface area (Å²) in [5, 5.41) is 8.53. The Morgan fingerprint density at radius 3 is 2.44 bits per heavy atom. The zero-order chi connectivity index (χ0) is 13.9. The SMILES string of the molecule is N#Cc1cc(CN)c(OC(F)(F)F)c(C(F)F)n1. The van der Waals surface area contributed by atoms with Crippen molar-refractivity contribution in [3.05, 3.63) is 23.0 Å². The van der Waals surface area contributed by atoms with Gasteiger partial charge in [-0.1, -0.05) is 0 Å². The molecule has 0 aliphatic carbocycles. The molecule has 2 N–H and O–H groups in total. The van der Waals surface area contributed by atoms with Gasteiger partial charge in [0.15, 0.2) is 11.4 Å². The second-order valence-electron chi connectivity index (χ2n) is 3.05. The third kappa shape index (κ3) is 3.27. The topological polar surface area (TPSA) is 71.9 Å². The lowest BCUT2D eigenvalue weighted by Crippen LogP contribution is -2.21. The Kier molecular flexibility index (Phi) is 4.03. The highest BCUT2D eigenvalue weighted by Gasteiger charge is 2.35. The maximum Gasteiger partial charge on any atom is 0.573 e. The van der Waals surface area contributed by atoms with E-state index in [0.29, 0.717) is 0 Å². The van der Waals surface area contributed by atoms with Gasteiger partial charge in [-0.2, -0.15) is 5.26 Å². The van der Waals surface area contributed by atoms with Crippen LogP contribution in [0.15, 0.2) is 6.07 Å². The van der Waals surface area contributed by atoms with Crippen LogP contribution in [0.4, 0.5) is 22.0 Å². The van der Waals surface area contributed by atoms with Crippen LogP contribution in [0.5, 0.6) is 5.75 Å². The molecule has 4 nitrogen and oxygen atoms in total. The van der Waals surface area contributed by atoms with E-state index in [1.54, 1.807) is 0 Å². The number of hydrogen-bond acceptors (Lipinski definition) is 4. The molecule has 0 atom stereocenters. The highest BCUT2D eigenvalue weighted by Crippen LogP contribution is 2.34. The van der Waals surface area contributed by atoms with Crippen molar-refractivity contribution in [3.8, 4) is 11.8 Å². The summed E-state index contributed by atoms with van der Waals surface area (Å²) in [6.07, 6.45) is -8.47. The van der Waals surface area contributed by atoms with Gasteiger partial charge in [0.2, 0.25) is 0 Å². The minimum atomic E-state index is -5.15. The smallest absolute Gasteiger partial charge is 0.403 e. The Balaban J connectivity index is 3.41. The Labute approximate surface area is 97.8 Å². The molecule has 0 saturated carbocycles. The molecule has 1 aromatic rings. The van der Waals surface area contributed by atoms with Crippen molar-refractivity contribution in [2.24, 2.45) is 5.73 Å². The van der Waals surface area contributed by atoms with E-state index in [2.05, 4.69) is 9.72 Å². The molecule has 9 heteroatoms. The number of alkyl halides is 5. The Morgan fingerprint density at radius 1 is 1.44 bits per heavy atom. The average Bonchev–Trinajstić information content (AvgIpc) is 2.26. The minimum absolute atomic E-state index is 0.367. The zero-order valence-electron chi connectivity index (χ0n) is 8.63. The van der Waals surface area contributed by atoms with Crippen molar-refractivity contribution in [1.29, 1.82) is 5.26 Å². The first-order valence-electron chi connectivity index (χ1n) is 4.46. The quantitative estimate of drug-likeness (QED) is 0.852. The Morgan fingerprint density at radius 2 is 2.06 bits per heavy atom. The van der Waals surface area contributed by atoms with Crippen molar-refractivity contribution < 1.29 is 26.7 Å². The minimum Gasteiger partial charge on any atom is -0.403 e. The molecular formula is C9H6F5N3O. The number of pyridine rings is 1. The second-order valence-corrected chi connectivity index (χ2v) is 3.05. The van der Waals surface area contributed by atoms with Gasteiger partial charge >= 0.3 is 6.36 Å². The first-order valence-corrected chi connectivity index (χ1v) is 4.46. The van der Waals surface area contributed by atoms with Crippen LogP contribution < -0.4 is 10.5 Å². The fourth-order valence-electron chi connectivity index (χ4n) is 1.20. The van der Waals surface area contributed by atoms with E-state index < -0.39 is 36.5 Å². The normalized spacial score (nSPS) is 11.4. The second kappa shape index (κ2) is 5.14. The molecule has 0 spiro atoms. The molecular weight excluding hydrogens is 261 g/mol. The summed E-state index contributed by atoms with van der Waals surface area (Å²) in [7, 11) is 0. The molecule has 0 fully saturated rings. The number of nitrogens with two attached hydrogens (primary N) is 1. The highest BCUT2D eigenvalue weighted by atomic mass is 19.4. The van der Waals surface area contributed by atoms with Crippen molar-refractivity contribution >= 4 is 0 Å². The molecule has 1 aromatic heterocycles.